The van der Waals surface area contributed by atoms with Gasteiger partial charge < -0.3 is 5.32 Å². The molecule has 0 aromatic heterocycles. The van der Waals surface area contributed by atoms with Crippen molar-refractivity contribution in [3.05, 3.63) is 0 Å². The Hall–Kier alpha value is -0.0400. The van der Waals surface area contributed by atoms with Crippen LogP contribution in [0.1, 0.15) is 64.7 Å². The lowest BCUT2D eigenvalue weighted by atomic mass is 9.93. The summed E-state index contributed by atoms with van der Waals surface area (Å²) < 4.78 is 0. The second kappa shape index (κ2) is 5.16. The van der Waals surface area contributed by atoms with Gasteiger partial charge in [0.15, 0.2) is 0 Å². The first kappa shape index (κ1) is 10.5. The molecule has 1 N–H and O–H groups in total. The van der Waals surface area contributed by atoms with Gasteiger partial charge in [0.1, 0.15) is 0 Å². The van der Waals surface area contributed by atoms with E-state index in [0.717, 1.165) is 18.0 Å². The van der Waals surface area contributed by atoms with Crippen molar-refractivity contribution in [2.24, 2.45) is 5.92 Å². The number of nitrogens with one attached hydrogen (secondary N) is 1. The Morgan fingerprint density at radius 2 is 1.71 bits per heavy atom. The summed E-state index contributed by atoms with van der Waals surface area (Å²) in [6, 6.07) is 1.73. The summed E-state index contributed by atoms with van der Waals surface area (Å²) in [6.45, 7) is 2.35. The van der Waals surface area contributed by atoms with Gasteiger partial charge in [-0.25, -0.2) is 0 Å². The third-order valence-corrected chi connectivity index (χ3v) is 4.24. The molecule has 0 spiro atoms. The lowest BCUT2D eigenvalue weighted by Gasteiger charge is -2.29. The molecule has 0 heterocycles. The maximum Gasteiger partial charge on any atom is 0.00978 e. The van der Waals surface area contributed by atoms with Gasteiger partial charge in [-0.15, -0.1) is 0 Å². The average molecular weight is 195 g/mol. The van der Waals surface area contributed by atoms with Crippen LogP contribution in [-0.2, 0) is 0 Å². The van der Waals surface area contributed by atoms with Crippen molar-refractivity contribution in [2.75, 3.05) is 0 Å². The molecular formula is C13H25N. The van der Waals surface area contributed by atoms with E-state index >= 15 is 0 Å². The van der Waals surface area contributed by atoms with Gasteiger partial charge in [0.25, 0.3) is 0 Å². The highest BCUT2D eigenvalue weighted by Crippen LogP contribution is 2.29. The minimum absolute atomic E-state index is 0.862. The van der Waals surface area contributed by atoms with Crippen LogP contribution in [0.25, 0.3) is 0 Å². The van der Waals surface area contributed by atoms with Crippen LogP contribution in [0.15, 0.2) is 0 Å². The van der Waals surface area contributed by atoms with Crippen LogP contribution in [0.3, 0.4) is 0 Å². The normalized spacial score (nSPS) is 34.9. The minimum Gasteiger partial charge on any atom is -0.311 e. The molecule has 0 saturated heterocycles. The molecule has 82 valence electrons. The third-order valence-electron chi connectivity index (χ3n) is 4.24. The predicted molar refractivity (Wildman–Crippen MR) is 61.4 cm³/mol. The first-order chi connectivity index (χ1) is 6.90. The van der Waals surface area contributed by atoms with Crippen molar-refractivity contribution in [2.45, 2.75) is 76.8 Å². The molecule has 0 bridgehead atoms. The lowest BCUT2D eigenvalue weighted by molar-refractivity contribution is 0.296. The van der Waals surface area contributed by atoms with Crippen LogP contribution in [0.4, 0.5) is 0 Å². The summed E-state index contributed by atoms with van der Waals surface area (Å²) >= 11 is 0. The van der Waals surface area contributed by atoms with E-state index in [2.05, 4.69) is 12.2 Å². The van der Waals surface area contributed by atoms with Gasteiger partial charge in [0.2, 0.25) is 0 Å². The van der Waals surface area contributed by atoms with E-state index in [1.165, 1.54) is 57.8 Å². The van der Waals surface area contributed by atoms with E-state index < -0.39 is 0 Å². The zero-order chi connectivity index (χ0) is 9.80. The van der Waals surface area contributed by atoms with Gasteiger partial charge in [-0.2, -0.15) is 0 Å². The fourth-order valence-electron chi connectivity index (χ4n) is 3.32. The molecule has 2 aliphatic carbocycles. The minimum atomic E-state index is 0.862. The highest BCUT2D eigenvalue weighted by molar-refractivity contribution is 4.86. The quantitative estimate of drug-likeness (QED) is 0.727. The van der Waals surface area contributed by atoms with Crippen molar-refractivity contribution in [1.82, 2.24) is 5.32 Å². The van der Waals surface area contributed by atoms with Crippen molar-refractivity contribution in [1.29, 1.82) is 0 Å². The zero-order valence-corrected chi connectivity index (χ0v) is 9.60. The van der Waals surface area contributed by atoms with Crippen LogP contribution in [-0.4, -0.2) is 12.1 Å². The highest BCUT2D eigenvalue weighted by atomic mass is 15.0. The molecule has 2 rings (SSSR count). The van der Waals surface area contributed by atoms with Crippen molar-refractivity contribution in [3.63, 3.8) is 0 Å². The largest absolute Gasteiger partial charge is 0.311 e. The zero-order valence-electron chi connectivity index (χ0n) is 9.60. The van der Waals surface area contributed by atoms with Crippen molar-refractivity contribution in [3.8, 4) is 0 Å². The second-order valence-corrected chi connectivity index (χ2v) is 5.21. The predicted octanol–water partition coefficient (Wildman–Crippen LogP) is 3.49. The Morgan fingerprint density at radius 3 is 2.43 bits per heavy atom. The van der Waals surface area contributed by atoms with Gasteiger partial charge in [0, 0.05) is 12.1 Å². The molecule has 2 unspecified atom stereocenters. The van der Waals surface area contributed by atoms with Crippen LogP contribution in [0.2, 0.25) is 0 Å². The average Bonchev–Trinajstić information content (AvgIpc) is 2.67. The molecule has 0 aliphatic heterocycles. The van der Waals surface area contributed by atoms with Crippen LogP contribution >= 0.6 is 0 Å². The molecule has 0 radical (unpaired) electrons. The summed E-state index contributed by atoms with van der Waals surface area (Å²) in [7, 11) is 0. The maximum absolute atomic E-state index is 3.92. The number of rotatable bonds is 3. The summed E-state index contributed by atoms with van der Waals surface area (Å²) in [5.41, 5.74) is 0. The molecule has 0 aromatic carbocycles. The van der Waals surface area contributed by atoms with Gasteiger partial charge in [-0.3, -0.25) is 0 Å². The lowest BCUT2D eigenvalue weighted by Crippen LogP contribution is -2.41. The molecule has 0 amide bonds. The van der Waals surface area contributed by atoms with Gasteiger partial charge >= 0.3 is 0 Å². The molecule has 2 aliphatic rings. The summed E-state index contributed by atoms with van der Waals surface area (Å²) in [6.07, 6.45) is 13.0. The SMILES string of the molecule is CCC1CCCC1NC1CCCCC1. The van der Waals surface area contributed by atoms with E-state index in [4.69, 9.17) is 0 Å². The fraction of sp³-hybridized carbons (Fsp3) is 1.00. The third kappa shape index (κ3) is 2.50. The van der Waals surface area contributed by atoms with E-state index in [-0.39, 0.29) is 0 Å². The van der Waals surface area contributed by atoms with E-state index in [0.29, 0.717) is 0 Å². The van der Waals surface area contributed by atoms with Crippen LogP contribution in [0, 0.1) is 5.92 Å². The summed E-state index contributed by atoms with van der Waals surface area (Å²) in [5, 5.41) is 3.92. The van der Waals surface area contributed by atoms with E-state index in [1.54, 1.807) is 0 Å². The van der Waals surface area contributed by atoms with Crippen LogP contribution < -0.4 is 5.32 Å². The second-order valence-electron chi connectivity index (χ2n) is 5.21. The van der Waals surface area contributed by atoms with Gasteiger partial charge in [-0.05, 0) is 31.6 Å². The maximum atomic E-state index is 3.92. The molecule has 2 atom stereocenters. The summed E-state index contributed by atoms with van der Waals surface area (Å²) in [5.74, 6) is 0.983. The Bertz CT molecular complexity index is 161. The van der Waals surface area contributed by atoms with Crippen molar-refractivity contribution >= 4 is 0 Å². The number of hydrogen-bond acceptors (Lipinski definition) is 1. The van der Waals surface area contributed by atoms with Gasteiger partial charge in [-0.1, -0.05) is 39.0 Å². The first-order valence-electron chi connectivity index (χ1n) is 6.66. The highest BCUT2D eigenvalue weighted by Gasteiger charge is 2.27. The first-order valence-corrected chi connectivity index (χ1v) is 6.66. The Morgan fingerprint density at radius 1 is 0.929 bits per heavy atom. The summed E-state index contributed by atoms with van der Waals surface area (Å²) in [4.78, 5) is 0. The standard InChI is InChI=1S/C13H25N/c1-2-11-7-6-10-13(11)14-12-8-4-3-5-9-12/h11-14H,2-10H2,1H3. The monoisotopic (exact) mass is 195 g/mol. The molecular weight excluding hydrogens is 170 g/mol. The Balaban J connectivity index is 1.77. The molecule has 2 fully saturated rings. The molecule has 14 heavy (non-hydrogen) atoms. The molecule has 1 heteroatoms. The Labute approximate surface area is 88.7 Å². The molecule has 0 aromatic rings. The van der Waals surface area contributed by atoms with E-state index in [9.17, 15) is 0 Å². The topological polar surface area (TPSA) is 12.0 Å². The fourth-order valence-corrected chi connectivity index (χ4v) is 3.32. The Kier molecular flexibility index (Phi) is 3.86. The number of hydrogen-bond donors (Lipinski definition) is 1. The molecule has 2 saturated carbocycles. The van der Waals surface area contributed by atoms with E-state index in [1.807, 2.05) is 0 Å². The van der Waals surface area contributed by atoms with Crippen molar-refractivity contribution < 1.29 is 0 Å². The van der Waals surface area contributed by atoms with Gasteiger partial charge in [0.05, 0.1) is 0 Å². The molecule has 1 nitrogen and oxygen atoms in total. The van der Waals surface area contributed by atoms with Crippen LogP contribution in [0.5, 0.6) is 0 Å². The smallest absolute Gasteiger partial charge is 0.00978 e.